The molecule has 0 aromatic carbocycles. The molecule has 6 nitrogen and oxygen atoms in total. The fraction of sp³-hybridized carbons (Fsp3) is 0.182. The van der Waals surface area contributed by atoms with Gasteiger partial charge in [-0.3, -0.25) is 5.32 Å². The van der Waals surface area contributed by atoms with Crippen molar-refractivity contribution in [2.24, 2.45) is 10.7 Å². The average molecular weight is 231 g/mol. The maximum absolute atomic E-state index is 11.2. The number of aromatic nitrogens is 1. The fourth-order valence-electron chi connectivity index (χ4n) is 1.03. The fourth-order valence-corrected chi connectivity index (χ4v) is 1.03. The van der Waals surface area contributed by atoms with Crippen LogP contribution in [0.25, 0.3) is 0 Å². The quantitative estimate of drug-likeness (QED) is 0.387. The summed E-state index contributed by atoms with van der Waals surface area (Å²) >= 11 is 0. The largest absolute Gasteiger partial charge is 0.369 e. The molecule has 0 atom stereocenters. The molecule has 0 saturated heterocycles. The number of aliphatic imine (C=N–C) groups is 1. The Balaban J connectivity index is 2.65. The van der Waals surface area contributed by atoms with E-state index >= 15 is 0 Å². The van der Waals surface area contributed by atoms with Crippen molar-refractivity contribution < 1.29 is 4.79 Å². The number of aryl methyl sites for hydroxylation is 1. The van der Waals surface area contributed by atoms with Gasteiger partial charge in [0.1, 0.15) is 0 Å². The van der Waals surface area contributed by atoms with Crippen molar-refractivity contribution in [2.45, 2.75) is 6.92 Å². The molecule has 88 valence electrons. The van der Waals surface area contributed by atoms with Crippen LogP contribution in [0.3, 0.4) is 0 Å². The van der Waals surface area contributed by atoms with Crippen molar-refractivity contribution in [3.63, 3.8) is 0 Å². The minimum absolute atomic E-state index is 0.0404. The van der Waals surface area contributed by atoms with E-state index < -0.39 is 6.03 Å². The predicted molar refractivity (Wildman–Crippen MR) is 65.6 cm³/mol. The second-order valence-corrected chi connectivity index (χ2v) is 3.15. The summed E-state index contributed by atoms with van der Waals surface area (Å²) < 4.78 is 0. The normalized spacial score (nSPS) is 10.5. The summed E-state index contributed by atoms with van der Waals surface area (Å²) in [7, 11) is 0. The lowest BCUT2D eigenvalue weighted by Gasteiger charge is -2.04. The van der Waals surface area contributed by atoms with Gasteiger partial charge >= 0.3 is 6.03 Å². The average Bonchev–Trinajstić information content (AvgIpc) is 2.29. The number of hydrogen-bond donors (Lipinski definition) is 3. The molecule has 0 spiro atoms. The van der Waals surface area contributed by atoms with E-state index in [0.29, 0.717) is 5.82 Å². The number of guanidine groups is 1. The Morgan fingerprint density at radius 2 is 2.47 bits per heavy atom. The van der Waals surface area contributed by atoms with Crippen LogP contribution >= 0.6 is 0 Å². The topological polar surface area (TPSA) is 92.4 Å². The van der Waals surface area contributed by atoms with E-state index in [1.807, 2.05) is 13.0 Å². The van der Waals surface area contributed by atoms with Crippen molar-refractivity contribution in [3.8, 4) is 12.3 Å². The van der Waals surface area contributed by atoms with Gasteiger partial charge in [-0.1, -0.05) is 12.0 Å². The third-order valence-electron chi connectivity index (χ3n) is 1.80. The van der Waals surface area contributed by atoms with Crippen LogP contribution in [-0.4, -0.2) is 23.5 Å². The van der Waals surface area contributed by atoms with Crippen LogP contribution in [0.1, 0.15) is 5.56 Å². The van der Waals surface area contributed by atoms with Gasteiger partial charge in [0.15, 0.2) is 5.82 Å². The van der Waals surface area contributed by atoms with Gasteiger partial charge in [0.05, 0.1) is 6.54 Å². The second kappa shape index (κ2) is 6.12. The second-order valence-electron chi connectivity index (χ2n) is 3.15. The maximum Gasteiger partial charge on any atom is 0.322 e. The van der Waals surface area contributed by atoms with Crippen LogP contribution in [0.5, 0.6) is 0 Å². The monoisotopic (exact) mass is 231 g/mol. The van der Waals surface area contributed by atoms with E-state index in [9.17, 15) is 4.79 Å². The minimum atomic E-state index is -0.502. The van der Waals surface area contributed by atoms with E-state index in [1.165, 1.54) is 0 Å². The number of urea groups is 1. The number of nitrogens with two attached hydrogens (primary N) is 1. The van der Waals surface area contributed by atoms with Gasteiger partial charge in [0.2, 0.25) is 5.96 Å². The predicted octanol–water partition coefficient (Wildman–Crippen LogP) is 0.269. The summed E-state index contributed by atoms with van der Waals surface area (Å²) in [5, 5.41) is 4.73. The first-order valence-corrected chi connectivity index (χ1v) is 4.87. The Hall–Kier alpha value is -2.55. The van der Waals surface area contributed by atoms with E-state index in [1.54, 1.807) is 12.3 Å². The zero-order valence-electron chi connectivity index (χ0n) is 9.40. The first-order chi connectivity index (χ1) is 8.13. The molecule has 0 unspecified atom stereocenters. The number of carbonyl (C=O) groups excluding carboxylic acids is 1. The summed E-state index contributed by atoms with van der Waals surface area (Å²) in [4.78, 5) is 19.2. The number of pyridine rings is 1. The van der Waals surface area contributed by atoms with Gasteiger partial charge < -0.3 is 11.1 Å². The molecule has 1 aromatic rings. The maximum atomic E-state index is 11.2. The Morgan fingerprint density at radius 1 is 1.71 bits per heavy atom. The highest BCUT2D eigenvalue weighted by Gasteiger charge is 2.02. The molecule has 0 radical (unpaired) electrons. The number of rotatable bonds is 2. The Kier molecular flexibility index (Phi) is 4.51. The molecule has 1 rings (SSSR count). The van der Waals surface area contributed by atoms with Gasteiger partial charge in [-0.15, -0.1) is 6.42 Å². The van der Waals surface area contributed by atoms with Crippen LogP contribution in [0, 0.1) is 19.3 Å². The van der Waals surface area contributed by atoms with Crippen molar-refractivity contribution >= 4 is 17.8 Å². The molecule has 1 heterocycles. The molecule has 2 amide bonds. The lowest BCUT2D eigenvalue weighted by Crippen LogP contribution is -2.43. The van der Waals surface area contributed by atoms with Crippen LogP contribution in [-0.2, 0) is 0 Å². The molecular formula is C11H13N5O. The first-order valence-electron chi connectivity index (χ1n) is 4.87. The Labute approximate surface area is 99.3 Å². The molecule has 4 N–H and O–H groups in total. The molecule has 6 heteroatoms. The third-order valence-corrected chi connectivity index (χ3v) is 1.80. The van der Waals surface area contributed by atoms with Crippen LogP contribution in [0.15, 0.2) is 23.3 Å². The summed E-state index contributed by atoms with van der Waals surface area (Å²) in [6.45, 7) is 1.97. The smallest absolute Gasteiger partial charge is 0.322 e. The number of carbonyl (C=O) groups is 1. The number of amides is 2. The molecule has 17 heavy (non-hydrogen) atoms. The van der Waals surface area contributed by atoms with Crippen LogP contribution in [0.4, 0.5) is 10.6 Å². The van der Waals surface area contributed by atoms with Crippen molar-refractivity contribution in [1.82, 2.24) is 15.6 Å². The minimum Gasteiger partial charge on any atom is -0.369 e. The molecule has 0 aliphatic heterocycles. The Morgan fingerprint density at radius 3 is 3.12 bits per heavy atom. The summed E-state index contributed by atoms with van der Waals surface area (Å²) in [5.74, 6) is 2.69. The van der Waals surface area contributed by atoms with Crippen molar-refractivity contribution in [1.29, 1.82) is 0 Å². The highest BCUT2D eigenvalue weighted by Crippen LogP contribution is 2.12. The van der Waals surface area contributed by atoms with E-state index in [4.69, 9.17) is 12.2 Å². The highest BCUT2D eigenvalue weighted by molar-refractivity contribution is 5.96. The van der Waals surface area contributed by atoms with Gasteiger partial charge in [0, 0.05) is 6.20 Å². The number of terminal acetylenes is 1. The molecule has 0 fully saturated rings. The van der Waals surface area contributed by atoms with Crippen LogP contribution in [0.2, 0.25) is 0 Å². The molecule has 0 aliphatic rings. The van der Waals surface area contributed by atoms with Gasteiger partial charge in [0.25, 0.3) is 0 Å². The molecular weight excluding hydrogens is 218 g/mol. The number of nitrogens with zero attached hydrogens (tertiary/aromatic N) is 2. The van der Waals surface area contributed by atoms with E-state index in [0.717, 1.165) is 5.56 Å². The van der Waals surface area contributed by atoms with Crippen molar-refractivity contribution in [2.75, 3.05) is 6.54 Å². The molecule has 0 saturated carbocycles. The van der Waals surface area contributed by atoms with Crippen molar-refractivity contribution in [3.05, 3.63) is 23.9 Å². The number of hydrogen-bond acceptors (Lipinski definition) is 3. The molecule has 1 aromatic heterocycles. The highest BCUT2D eigenvalue weighted by atomic mass is 16.2. The summed E-state index contributed by atoms with van der Waals surface area (Å²) in [6.07, 6.45) is 6.58. The lowest BCUT2D eigenvalue weighted by atomic mass is 10.3. The van der Waals surface area contributed by atoms with Gasteiger partial charge in [-0.25, -0.2) is 9.78 Å². The van der Waals surface area contributed by atoms with E-state index in [-0.39, 0.29) is 12.5 Å². The van der Waals surface area contributed by atoms with E-state index in [2.05, 4.69) is 26.5 Å². The molecule has 0 bridgehead atoms. The summed E-state index contributed by atoms with van der Waals surface area (Å²) in [5.41, 5.74) is 6.40. The lowest BCUT2D eigenvalue weighted by molar-refractivity contribution is 0.246. The SMILES string of the molecule is C#CCNC(=O)N/C(N)=N/c1ncccc1C. The zero-order valence-corrected chi connectivity index (χ0v) is 9.40. The number of nitrogens with one attached hydrogen (secondary N) is 2. The van der Waals surface area contributed by atoms with Crippen LogP contribution < -0.4 is 16.4 Å². The Bertz CT molecular complexity index is 475. The zero-order chi connectivity index (χ0) is 12.7. The standard InChI is InChI=1S/C11H13N5O/c1-3-6-14-11(17)16-10(12)15-9-8(2)5-4-7-13-9/h1,4-5,7H,6H2,2H3,(H4,12,13,14,15,16,17). The van der Waals surface area contributed by atoms with Gasteiger partial charge in [-0.05, 0) is 18.6 Å². The third kappa shape index (κ3) is 4.22. The first kappa shape index (κ1) is 12.5. The molecule has 0 aliphatic carbocycles. The summed E-state index contributed by atoms with van der Waals surface area (Å²) in [6, 6.07) is 3.13. The van der Waals surface area contributed by atoms with Gasteiger partial charge in [-0.2, -0.15) is 4.99 Å².